The first-order valence-corrected chi connectivity index (χ1v) is 10.3. The number of rotatable bonds is 4. The fourth-order valence-corrected chi connectivity index (χ4v) is 4.87. The molecule has 0 radical (unpaired) electrons. The van der Waals surface area contributed by atoms with Gasteiger partial charge in [-0.25, -0.2) is 22.0 Å². The molecule has 30 heavy (non-hydrogen) atoms. The van der Waals surface area contributed by atoms with Crippen molar-refractivity contribution in [2.45, 2.75) is 11.4 Å². The van der Waals surface area contributed by atoms with E-state index in [4.69, 9.17) is 4.74 Å². The maximum Gasteiger partial charge on any atom is 0.343 e. The Bertz CT molecular complexity index is 1230. The van der Waals surface area contributed by atoms with Crippen molar-refractivity contribution < 1.29 is 26.7 Å². The molecular formula is C21H16F2N2O4S. The van der Waals surface area contributed by atoms with Gasteiger partial charge in [-0.2, -0.15) is 4.31 Å². The van der Waals surface area contributed by atoms with Crippen molar-refractivity contribution in [1.29, 1.82) is 0 Å². The maximum atomic E-state index is 14.1. The number of hydrogen-bond donors (Lipinski definition) is 0. The number of urea groups is 1. The van der Waals surface area contributed by atoms with E-state index in [1.54, 1.807) is 18.2 Å². The molecule has 0 saturated carbocycles. The van der Waals surface area contributed by atoms with Gasteiger partial charge in [0.25, 0.3) is 10.0 Å². The number of methoxy groups -OCH3 is 1. The number of para-hydroxylation sites is 1. The second-order valence-corrected chi connectivity index (χ2v) is 8.31. The minimum atomic E-state index is -4.22. The van der Waals surface area contributed by atoms with Crippen LogP contribution in [0.25, 0.3) is 0 Å². The smallest absolute Gasteiger partial charge is 0.343 e. The zero-order valence-corrected chi connectivity index (χ0v) is 16.6. The van der Waals surface area contributed by atoms with E-state index in [1.807, 2.05) is 0 Å². The van der Waals surface area contributed by atoms with E-state index in [2.05, 4.69) is 0 Å². The van der Waals surface area contributed by atoms with Gasteiger partial charge in [0.1, 0.15) is 10.7 Å². The van der Waals surface area contributed by atoms with Crippen LogP contribution in [0.3, 0.4) is 0 Å². The van der Waals surface area contributed by atoms with Crippen LogP contribution in [0, 0.1) is 11.6 Å². The normalized spacial score (nSPS) is 15.1. The third kappa shape index (κ3) is 3.26. The Balaban J connectivity index is 1.82. The fraction of sp³-hybridized carbons (Fsp3) is 0.0952. The molecule has 0 aromatic heterocycles. The topological polar surface area (TPSA) is 66.9 Å². The average Bonchev–Trinajstić information content (AvgIpc) is 2.73. The number of fused-ring (bicyclic) bond motifs is 1. The largest absolute Gasteiger partial charge is 0.494 e. The fourth-order valence-electron chi connectivity index (χ4n) is 3.28. The molecule has 3 aromatic carbocycles. The highest BCUT2D eigenvalue weighted by Crippen LogP contribution is 2.38. The summed E-state index contributed by atoms with van der Waals surface area (Å²) in [4.78, 5) is 14.4. The Labute approximate surface area is 172 Å². The van der Waals surface area contributed by atoms with Crippen molar-refractivity contribution >= 4 is 27.4 Å². The van der Waals surface area contributed by atoms with Gasteiger partial charge < -0.3 is 4.74 Å². The van der Waals surface area contributed by atoms with Crippen molar-refractivity contribution in [3.63, 3.8) is 0 Å². The molecule has 154 valence electrons. The zero-order chi connectivity index (χ0) is 21.5. The van der Waals surface area contributed by atoms with Gasteiger partial charge in [-0.3, -0.25) is 4.90 Å². The third-order valence-electron chi connectivity index (χ3n) is 4.70. The SMILES string of the molecule is COc1ccc(CN2C(=O)N(c3ccc(F)cc3)S(=O)(=O)c3ccccc32)cc1F. The Hall–Kier alpha value is -3.46. The molecule has 0 saturated heterocycles. The molecule has 0 N–H and O–H groups in total. The van der Waals surface area contributed by atoms with Crippen molar-refractivity contribution in [1.82, 2.24) is 0 Å². The number of nitrogens with zero attached hydrogens (tertiary/aromatic N) is 2. The van der Waals surface area contributed by atoms with Crippen LogP contribution in [0.4, 0.5) is 25.0 Å². The standard InChI is InChI=1S/C21H16F2N2O4S/c1-29-19-11-6-14(12-17(19)23)13-24-18-4-2-3-5-20(18)30(27,28)25(21(24)26)16-9-7-15(22)8-10-16/h2-12H,13H2,1H3. The van der Waals surface area contributed by atoms with E-state index in [0.717, 1.165) is 12.1 Å². The van der Waals surface area contributed by atoms with E-state index < -0.39 is 27.7 Å². The number of ether oxygens (including phenoxy) is 1. The van der Waals surface area contributed by atoms with Gasteiger partial charge in [0.15, 0.2) is 11.6 Å². The number of hydrogen-bond acceptors (Lipinski definition) is 4. The lowest BCUT2D eigenvalue weighted by Crippen LogP contribution is -2.50. The summed E-state index contributed by atoms with van der Waals surface area (Å²) in [5.41, 5.74) is 0.619. The summed E-state index contributed by atoms with van der Waals surface area (Å²) in [7, 11) is -2.88. The van der Waals surface area contributed by atoms with Crippen molar-refractivity contribution in [3.8, 4) is 5.75 Å². The summed E-state index contributed by atoms with van der Waals surface area (Å²) in [5, 5.41) is 0. The van der Waals surface area contributed by atoms with E-state index in [-0.39, 0.29) is 28.6 Å². The molecule has 0 atom stereocenters. The van der Waals surface area contributed by atoms with Crippen LogP contribution in [0.15, 0.2) is 71.6 Å². The Morgan fingerprint density at radius 2 is 1.67 bits per heavy atom. The number of benzene rings is 3. The highest BCUT2D eigenvalue weighted by Gasteiger charge is 2.42. The van der Waals surface area contributed by atoms with Gasteiger partial charge in [0, 0.05) is 0 Å². The van der Waals surface area contributed by atoms with Crippen LogP contribution in [-0.2, 0) is 16.6 Å². The van der Waals surface area contributed by atoms with Crippen molar-refractivity contribution in [2.75, 3.05) is 16.3 Å². The first kappa shape index (κ1) is 19.8. The predicted molar refractivity (Wildman–Crippen MR) is 107 cm³/mol. The summed E-state index contributed by atoms with van der Waals surface area (Å²) in [6, 6.07) is 14.0. The molecule has 3 aromatic rings. The molecule has 0 spiro atoms. The highest BCUT2D eigenvalue weighted by molar-refractivity contribution is 7.94. The van der Waals surface area contributed by atoms with Crippen LogP contribution in [0.5, 0.6) is 5.75 Å². The van der Waals surface area contributed by atoms with Gasteiger partial charge in [-0.05, 0) is 54.1 Å². The van der Waals surface area contributed by atoms with Crippen LogP contribution in [-0.4, -0.2) is 21.6 Å². The number of sulfonamides is 1. The molecule has 9 heteroatoms. The Kier molecular flexibility index (Phi) is 4.90. The number of halogens is 2. The first-order chi connectivity index (χ1) is 14.3. The lowest BCUT2D eigenvalue weighted by molar-refractivity contribution is 0.253. The molecule has 4 rings (SSSR count). The second-order valence-electron chi connectivity index (χ2n) is 6.55. The summed E-state index contributed by atoms with van der Waals surface area (Å²) in [5.74, 6) is -1.11. The first-order valence-electron chi connectivity index (χ1n) is 8.87. The lowest BCUT2D eigenvalue weighted by atomic mass is 10.1. The second kappa shape index (κ2) is 7.42. The zero-order valence-electron chi connectivity index (χ0n) is 15.7. The monoisotopic (exact) mass is 430 g/mol. The van der Waals surface area contributed by atoms with Gasteiger partial charge in [-0.1, -0.05) is 18.2 Å². The molecule has 1 heterocycles. The van der Waals surface area contributed by atoms with Gasteiger partial charge >= 0.3 is 6.03 Å². The summed E-state index contributed by atoms with van der Waals surface area (Å²) in [6.07, 6.45) is 0. The third-order valence-corrected chi connectivity index (χ3v) is 6.45. The van der Waals surface area contributed by atoms with E-state index in [0.29, 0.717) is 9.87 Å². The minimum absolute atomic E-state index is 0.00168. The van der Waals surface area contributed by atoms with Crippen LogP contribution >= 0.6 is 0 Å². The minimum Gasteiger partial charge on any atom is -0.494 e. The quantitative estimate of drug-likeness (QED) is 0.619. The predicted octanol–water partition coefficient (Wildman–Crippen LogP) is 4.31. The van der Waals surface area contributed by atoms with Gasteiger partial charge in [0.05, 0.1) is 25.0 Å². The Morgan fingerprint density at radius 1 is 0.967 bits per heavy atom. The van der Waals surface area contributed by atoms with Crippen LogP contribution in [0.1, 0.15) is 5.56 Å². The lowest BCUT2D eigenvalue weighted by Gasteiger charge is -2.36. The molecular weight excluding hydrogens is 414 g/mol. The van der Waals surface area contributed by atoms with E-state index >= 15 is 0 Å². The molecule has 6 nitrogen and oxygen atoms in total. The number of carbonyl (C=O) groups is 1. The summed E-state index contributed by atoms with van der Waals surface area (Å²) >= 11 is 0. The maximum absolute atomic E-state index is 14.1. The number of anilines is 2. The van der Waals surface area contributed by atoms with Gasteiger partial charge in [0.2, 0.25) is 0 Å². The van der Waals surface area contributed by atoms with E-state index in [9.17, 15) is 22.0 Å². The summed E-state index contributed by atoms with van der Waals surface area (Å²) < 4.78 is 59.3. The molecule has 0 aliphatic carbocycles. The van der Waals surface area contributed by atoms with Crippen molar-refractivity contribution in [3.05, 3.63) is 83.9 Å². The Morgan fingerprint density at radius 3 is 2.33 bits per heavy atom. The molecule has 1 aliphatic heterocycles. The number of carbonyl (C=O) groups excluding carboxylic acids is 1. The molecule has 0 fully saturated rings. The number of amides is 2. The van der Waals surface area contributed by atoms with Crippen LogP contribution in [0.2, 0.25) is 0 Å². The average molecular weight is 430 g/mol. The van der Waals surface area contributed by atoms with Gasteiger partial charge in [-0.15, -0.1) is 0 Å². The molecule has 2 amide bonds. The summed E-state index contributed by atoms with van der Waals surface area (Å²) in [6.45, 7) is -0.0794. The van der Waals surface area contributed by atoms with E-state index in [1.165, 1.54) is 48.4 Å². The molecule has 0 bridgehead atoms. The van der Waals surface area contributed by atoms with Crippen molar-refractivity contribution in [2.24, 2.45) is 0 Å². The molecule has 1 aliphatic rings. The molecule has 0 unspecified atom stereocenters. The highest BCUT2D eigenvalue weighted by atomic mass is 32.2. The van der Waals surface area contributed by atoms with Crippen LogP contribution < -0.4 is 13.9 Å².